The Bertz CT molecular complexity index is 680. The molecule has 2 aromatic heterocycles. The van der Waals surface area contributed by atoms with Crippen LogP contribution in [0.5, 0.6) is 0 Å². The van der Waals surface area contributed by atoms with E-state index in [0.717, 1.165) is 23.2 Å². The molecule has 0 bridgehead atoms. The third kappa shape index (κ3) is 2.58. The van der Waals surface area contributed by atoms with Crippen LogP contribution in [0.3, 0.4) is 0 Å². The lowest BCUT2D eigenvalue weighted by atomic mass is 10.1. The van der Waals surface area contributed by atoms with Crippen LogP contribution in [0.2, 0.25) is 0 Å². The van der Waals surface area contributed by atoms with Crippen LogP contribution in [-0.2, 0) is 17.8 Å². The van der Waals surface area contributed by atoms with Crippen molar-refractivity contribution in [3.63, 3.8) is 0 Å². The average molecular weight is 286 g/mol. The lowest BCUT2D eigenvalue weighted by molar-refractivity contribution is -0.135. The van der Waals surface area contributed by atoms with Crippen LogP contribution in [0.25, 0.3) is 0 Å². The molecular weight excluding hydrogens is 268 g/mol. The van der Waals surface area contributed by atoms with Crippen molar-refractivity contribution in [3.8, 4) is 0 Å². The number of carbonyl (C=O) groups excluding carboxylic acids is 1. The molecule has 0 radical (unpaired) electrons. The van der Waals surface area contributed by atoms with E-state index < -0.39 is 0 Å². The topological polar surface area (TPSA) is 89.9 Å². The Kier molecular flexibility index (Phi) is 3.32. The van der Waals surface area contributed by atoms with Crippen LogP contribution in [0.15, 0.2) is 18.6 Å². The zero-order valence-corrected chi connectivity index (χ0v) is 12.2. The summed E-state index contributed by atoms with van der Waals surface area (Å²) in [6, 6.07) is -0.320. The molecule has 2 N–H and O–H groups in total. The molecule has 1 aliphatic rings. The van der Waals surface area contributed by atoms with Gasteiger partial charge >= 0.3 is 0 Å². The molecule has 0 aromatic carbocycles. The zero-order chi connectivity index (χ0) is 15.0. The molecule has 1 atom stereocenters. The van der Waals surface area contributed by atoms with Crippen molar-refractivity contribution in [2.75, 3.05) is 12.3 Å². The number of carbonyl (C=O) groups is 1. The number of aromatic nitrogens is 4. The van der Waals surface area contributed by atoms with Crippen LogP contribution < -0.4 is 5.73 Å². The Morgan fingerprint density at radius 2 is 2.24 bits per heavy atom. The quantitative estimate of drug-likeness (QED) is 0.878. The summed E-state index contributed by atoms with van der Waals surface area (Å²) in [7, 11) is 0. The van der Waals surface area contributed by atoms with Gasteiger partial charge in [0, 0.05) is 18.9 Å². The standard InChI is InChI=1S/C14H18N6O/c1-9-5-17-20(7-9)10(2)13(21)19-4-3-11-6-16-14(15)18-12(11)8-19/h5-7,10H,3-4,8H2,1-2H3,(H2,15,16,18). The van der Waals surface area contributed by atoms with E-state index in [-0.39, 0.29) is 17.9 Å². The molecule has 7 nitrogen and oxygen atoms in total. The first-order valence-corrected chi connectivity index (χ1v) is 6.94. The fraction of sp³-hybridized carbons (Fsp3) is 0.429. The van der Waals surface area contributed by atoms with E-state index in [1.54, 1.807) is 22.0 Å². The van der Waals surface area contributed by atoms with Crippen molar-refractivity contribution in [1.29, 1.82) is 0 Å². The molecular formula is C14H18N6O. The van der Waals surface area contributed by atoms with Gasteiger partial charge < -0.3 is 10.6 Å². The van der Waals surface area contributed by atoms with Crippen LogP contribution in [0.4, 0.5) is 5.95 Å². The molecule has 3 rings (SSSR count). The van der Waals surface area contributed by atoms with Gasteiger partial charge in [-0.25, -0.2) is 9.97 Å². The number of hydrogen-bond acceptors (Lipinski definition) is 5. The second-order valence-corrected chi connectivity index (χ2v) is 5.38. The number of nitrogens with two attached hydrogens (primary N) is 1. The monoisotopic (exact) mass is 286 g/mol. The summed E-state index contributed by atoms with van der Waals surface area (Å²) in [6.45, 7) is 4.96. The van der Waals surface area contributed by atoms with Crippen LogP contribution in [0.1, 0.15) is 29.8 Å². The highest BCUT2D eigenvalue weighted by Crippen LogP contribution is 2.20. The van der Waals surface area contributed by atoms with Gasteiger partial charge in [0.25, 0.3) is 0 Å². The molecule has 0 spiro atoms. The van der Waals surface area contributed by atoms with E-state index in [2.05, 4.69) is 15.1 Å². The van der Waals surface area contributed by atoms with E-state index in [1.807, 2.05) is 20.0 Å². The number of rotatable bonds is 2. The van der Waals surface area contributed by atoms with Crippen molar-refractivity contribution in [3.05, 3.63) is 35.4 Å². The molecule has 0 aliphatic carbocycles. The predicted molar refractivity (Wildman–Crippen MR) is 77.2 cm³/mol. The Hall–Kier alpha value is -2.44. The second-order valence-electron chi connectivity index (χ2n) is 5.38. The van der Waals surface area contributed by atoms with Gasteiger partial charge in [-0.3, -0.25) is 9.48 Å². The van der Waals surface area contributed by atoms with Gasteiger partial charge in [0.2, 0.25) is 11.9 Å². The summed E-state index contributed by atoms with van der Waals surface area (Å²) in [5.74, 6) is 0.291. The SMILES string of the molecule is Cc1cnn(C(C)C(=O)N2CCc3cnc(N)nc3C2)c1. The van der Waals surface area contributed by atoms with Gasteiger partial charge in [-0.2, -0.15) is 5.10 Å². The van der Waals surface area contributed by atoms with Crippen LogP contribution in [-0.4, -0.2) is 37.1 Å². The molecule has 0 saturated carbocycles. The highest BCUT2D eigenvalue weighted by molar-refractivity contribution is 5.80. The van der Waals surface area contributed by atoms with Gasteiger partial charge in [-0.15, -0.1) is 0 Å². The lowest BCUT2D eigenvalue weighted by Crippen LogP contribution is -2.40. The number of nitrogens with zero attached hydrogens (tertiary/aromatic N) is 5. The summed E-state index contributed by atoms with van der Waals surface area (Å²) in [5, 5.41) is 4.21. The molecule has 0 fully saturated rings. The highest BCUT2D eigenvalue weighted by Gasteiger charge is 2.27. The van der Waals surface area contributed by atoms with Gasteiger partial charge in [-0.05, 0) is 31.4 Å². The summed E-state index contributed by atoms with van der Waals surface area (Å²) in [6.07, 6.45) is 6.13. The van der Waals surface area contributed by atoms with Crippen molar-refractivity contribution >= 4 is 11.9 Å². The fourth-order valence-corrected chi connectivity index (χ4v) is 2.53. The van der Waals surface area contributed by atoms with E-state index >= 15 is 0 Å². The van der Waals surface area contributed by atoms with E-state index in [1.165, 1.54) is 0 Å². The minimum Gasteiger partial charge on any atom is -0.368 e. The average Bonchev–Trinajstić information content (AvgIpc) is 2.91. The van der Waals surface area contributed by atoms with Crippen molar-refractivity contribution in [2.45, 2.75) is 32.9 Å². The fourth-order valence-electron chi connectivity index (χ4n) is 2.53. The number of amides is 1. The third-order valence-corrected chi connectivity index (χ3v) is 3.76. The van der Waals surface area contributed by atoms with Gasteiger partial charge in [0.15, 0.2) is 0 Å². The molecule has 21 heavy (non-hydrogen) atoms. The van der Waals surface area contributed by atoms with Gasteiger partial charge in [0.1, 0.15) is 6.04 Å². The molecule has 0 saturated heterocycles. The zero-order valence-electron chi connectivity index (χ0n) is 12.2. The predicted octanol–water partition coefficient (Wildman–Crippen LogP) is 0.710. The maximum Gasteiger partial charge on any atom is 0.247 e. The largest absolute Gasteiger partial charge is 0.368 e. The molecule has 2 aromatic rings. The second kappa shape index (κ2) is 5.16. The smallest absolute Gasteiger partial charge is 0.247 e. The van der Waals surface area contributed by atoms with Crippen LogP contribution in [0, 0.1) is 6.92 Å². The highest BCUT2D eigenvalue weighted by atomic mass is 16.2. The Morgan fingerprint density at radius 1 is 1.43 bits per heavy atom. The number of aryl methyl sites for hydroxylation is 1. The molecule has 3 heterocycles. The van der Waals surface area contributed by atoms with Crippen molar-refractivity contribution < 1.29 is 4.79 Å². The summed E-state index contributed by atoms with van der Waals surface area (Å²) >= 11 is 0. The Labute approximate surface area is 122 Å². The number of hydrogen-bond donors (Lipinski definition) is 1. The Balaban J connectivity index is 1.77. The molecule has 110 valence electrons. The molecule has 1 aliphatic heterocycles. The molecule has 7 heteroatoms. The minimum atomic E-state index is -0.320. The van der Waals surface area contributed by atoms with E-state index in [0.29, 0.717) is 13.1 Å². The van der Waals surface area contributed by atoms with Gasteiger partial charge in [0.05, 0.1) is 18.4 Å². The van der Waals surface area contributed by atoms with E-state index in [9.17, 15) is 4.79 Å². The normalized spacial score (nSPS) is 15.6. The lowest BCUT2D eigenvalue weighted by Gasteiger charge is -2.30. The number of fused-ring (bicyclic) bond motifs is 1. The summed E-state index contributed by atoms with van der Waals surface area (Å²) < 4.78 is 1.70. The third-order valence-electron chi connectivity index (χ3n) is 3.76. The first-order valence-electron chi connectivity index (χ1n) is 6.94. The first-order chi connectivity index (χ1) is 10.0. The van der Waals surface area contributed by atoms with Crippen LogP contribution >= 0.6 is 0 Å². The minimum absolute atomic E-state index is 0.0425. The molecule has 1 amide bonds. The van der Waals surface area contributed by atoms with Gasteiger partial charge in [-0.1, -0.05) is 0 Å². The number of anilines is 1. The number of nitrogen functional groups attached to an aromatic ring is 1. The summed E-state index contributed by atoms with van der Waals surface area (Å²) in [5.41, 5.74) is 8.56. The van der Waals surface area contributed by atoms with E-state index in [4.69, 9.17) is 5.73 Å². The maximum absolute atomic E-state index is 12.6. The molecule has 1 unspecified atom stereocenters. The summed E-state index contributed by atoms with van der Waals surface area (Å²) in [4.78, 5) is 22.6. The Morgan fingerprint density at radius 3 is 2.95 bits per heavy atom. The maximum atomic E-state index is 12.6. The van der Waals surface area contributed by atoms with Crippen molar-refractivity contribution in [2.24, 2.45) is 0 Å². The van der Waals surface area contributed by atoms with Crippen molar-refractivity contribution in [1.82, 2.24) is 24.6 Å². The first kappa shape index (κ1) is 13.5.